The largest absolute Gasteiger partial charge is 0.417 e. The number of hydrogen-bond donors (Lipinski definition) is 0. The predicted octanol–water partition coefficient (Wildman–Crippen LogP) is 14.5. The van der Waals surface area contributed by atoms with Crippen LogP contribution in [-0.4, -0.2) is 0 Å². The molecule has 0 aliphatic heterocycles. The Morgan fingerprint density at radius 2 is 1.10 bits per heavy atom. The average molecular weight is 683 g/mol. The molecule has 0 unspecified atom stereocenters. The molecule has 1 aromatic heterocycles. The van der Waals surface area contributed by atoms with Crippen LogP contribution in [0.3, 0.4) is 0 Å². The molecule has 0 amide bonds. The van der Waals surface area contributed by atoms with Gasteiger partial charge in [0.15, 0.2) is 0 Å². The maximum atomic E-state index is 14.6. The summed E-state index contributed by atoms with van der Waals surface area (Å²) in [5.41, 5.74) is 8.85. The van der Waals surface area contributed by atoms with Crippen molar-refractivity contribution in [3.63, 3.8) is 0 Å². The van der Waals surface area contributed by atoms with Crippen molar-refractivity contribution in [1.29, 1.82) is 0 Å². The van der Waals surface area contributed by atoms with Gasteiger partial charge in [0, 0.05) is 20.2 Å². The highest BCUT2D eigenvalue weighted by molar-refractivity contribution is 7.26. The van der Waals surface area contributed by atoms with Crippen LogP contribution in [0, 0.1) is 0 Å². The van der Waals surface area contributed by atoms with Gasteiger partial charge in [0.25, 0.3) is 0 Å². The number of allylic oxidation sites excluding steroid dienone is 1. The second-order valence-electron chi connectivity index (χ2n) is 13.3. The number of benzene rings is 8. The van der Waals surface area contributed by atoms with Crippen molar-refractivity contribution < 1.29 is 13.2 Å². The number of fused-ring (bicyclic) bond motifs is 7. The lowest BCUT2D eigenvalue weighted by molar-refractivity contribution is -0.135. The molecule has 0 saturated carbocycles. The van der Waals surface area contributed by atoms with Gasteiger partial charge in [0.05, 0.1) is 5.56 Å². The molecule has 244 valence electrons. The lowest BCUT2D eigenvalue weighted by Gasteiger charge is -2.24. The van der Waals surface area contributed by atoms with Gasteiger partial charge in [0.1, 0.15) is 0 Å². The normalized spacial score (nSPS) is 13.2. The monoisotopic (exact) mass is 682 g/mol. The van der Waals surface area contributed by atoms with E-state index in [0.717, 1.165) is 34.1 Å². The minimum atomic E-state index is -4.48. The second-order valence-corrected chi connectivity index (χ2v) is 14.4. The molecule has 8 aromatic carbocycles. The molecule has 1 aliphatic carbocycles. The summed E-state index contributed by atoms with van der Waals surface area (Å²) < 4.78 is 46.1. The van der Waals surface area contributed by atoms with Crippen molar-refractivity contribution in [1.82, 2.24) is 0 Å². The Bertz CT molecular complexity index is 2840. The Hall–Kier alpha value is -5.71. The lowest BCUT2D eigenvalue weighted by Crippen LogP contribution is -2.07. The fourth-order valence-electron chi connectivity index (χ4n) is 8.54. The van der Waals surface area contributed by atoms with Crippen LogP contribution in [0.25, 0.3) is 91.9 Å². The molecule has 0 radical (unpaired) electrons. The summed E-state index contributed by atoms with van der Waals surface area (Å²) in [4.78, 5) is 0. The first-order chi connectivity index (χ1) is 25.0. The Morgan fingerprint density at radius 1 is 0.490 bits per heavy atom. The van der Waals surface area contributed by atoms with E-state index in [-0.39, 0.29) is 10.8 Å². The first-order valence-corrected chi connectivity index (χ1v) is 18.1. The number of thiophene rings is 1. The Labute approximate surface area is 296 Å². The van der Waals surface area contributed by atoms with Crippen LogP contribution in [0.15, 0.2) is 146 Å². The molecule has 1 aliphatic rings. The summed E-state index contributed by atoms with van der Waals surface area (Å²) in [6.45, 7) is 0. The molecule has 0 bridgehead atoms. The van der Waals surface area contributed by atoms with Crippen LogP contribution in [0.5, 0.6) is 0 Å². The molecule has 0 spiro atoms. The van der Waals surface area contributed by atoms with E-state index < -0.39 is 11.7 Å². The molecule has 0 nitrogen and oxygen atoms in total. The zero-order valence-electron chi connectivity index (χ0n) is 27.4. The summed E-state index contributed by atoms with van der Waals surface area (Å²) in [5, 5.41) is 6.53. The van der Waals surface area contributed by atoms with Gasteiger partial charge in [-0.25, -0.2) is 0 Å². The van der Waals surface area contributed by atoms with Gasteiger partial charge in [-0.05, 0) is 102 Å². The Morgan fingerprint density at radius 3 is 1.76 bits per heavy atom. The van der Waals surface area contributed by atoms with Gasteiger partial charge in [-0.15, -0.1) is 11.3 Å². The van der Waals surface area contributed by atoms with Gasteiger partial charge in [-0.1, -0.05) is 140 Å². The Balaban J connectivity index is 1.25. The van der Waals surface area contributed by atoms with Gasteiger partial charge >= 0.3 is 6.18 Å². The van der Waals surface area contributed by atoms with Crippen LogP contribution >= 0.6 is 11.3 Å². The molecule has 4 heteroatoms. The smallest absolute Gasteiger partial charge is 0.166 e. The highest BCUT2D eigenvalue weighted by Crippen LogP contribution is 2.50. The number of halogens is 3. The van der Waals surface area contributed by atoms with Crippen molar-refractivity contribution in [2.75, 3.05) is 0 Å². The van der Waals surface area contributed by atoms with Gasteiger partial charge in [0.2, 0.25) is 0 Å². The summed E-state index contributed by atoms with van der Waals surface area (Å²) >= 11 is 1.75. The zero-order valence-corrected chi connectivity index (χ0v) is 28.2. The van der Waals surface area contributed by atoms with E-state index in [9.17, 15) is 13.2 Å². The molecule has 0 saturated heterocycles. The minimum absolute atomic E-state index is 0.224. The maximum Gasteiger partial charge on any atom is 0.417 e. The van der Waals surface area contributed by atoms with E-state index in [2.05, 4.69) is 103 Å². The average Bonchev–Trinajstić information content (AvgIpc) is 3.54. The van der Waals surface area contributed by atoms with E-state index in [1.807, 2.05) is 24.3 Å². The van der Waals surface area contributed by atoms with Crippen LogP contribution in [0.1, 0.15) is 23.1 Å². The lowest BCUT2D eigenvalue weighted by atomic mass is 9.79. The summed E-state index contributed by atoms with van der Waals surface area (Å²) in [7, 11) is 0. The number of alkyl halides is 3. The fraction of sp³-hybridized carbons (Fsp3) is 0.0638. The SMILES string of the molecule is FC(F)(F)c1c2ccccc2c(-c2ccc3c(c2)sc2cccc(-c4c5c(c(-c6ccccc6)c6ccccc46)C=CCC5)c23)c2ccccc12. The number of hydrogen-bond acceptors (Lipinski definition) is 1. The second kappa shape index (κ2) is 11.4. The van der Waals surface area contributed by atoms with Gasteiger partial charge in [-0.2, -0.15) is 13.2 Å². The van der Waals surface area contributed by atoms with Crippen molar-refractivity contribution in [3.05, 3.63) is 162 Å². The van der Waals surface area contributed by atoms with E-state index in [0.29, 0.717) is 10.8 Å². The topological polar surface area (TPSA) is 0 Å². The van der Waals surface area contributed by atoms with E-state index in [1.54, 1.807) is 35.6 Å². The molecular formula is C47H29F3S. The van der Waals surface area contributed by atoms with Gasteiger partial charge in [-0.3, -0.25) is 0 Å². The van der Waals surface area contributed by atoms with Crippen molar-refractivity contribution in [2.24, 2.45) is 0 Å². The van der Waals surface area contributed by atoms with E-state index >= 15 is 0 Å². The van der Waals surface area contributed by atoms with Crippen LogP contribution in [0.2, 0.25) is 0 Å². The molecule has 0 N–H and O–H groups in total. The van der Waals surface area contributed by atoms with Gasteiger partial charge < -0.3 is 0 Å². The molecular weight excluding hydrogens is 654 g/mol. The van der Waals surface area contributed by atoms with Crippen molar-refractivity contribution >= 4 is 69.9 Å². The quantitative estimate of drug-likeness (QED) is 0.163. The molecule has 1 heterocycles. The summed E-state index contributed by atoms with van der Waals surface area (Å²) in [5.74, 6) is 0. The fourth-order valence-corrected chi connectivity index (χ4v) is 9.71. The minimum Gasteiger partial charge on any atom is -0.166 e. The zero-order chi connectivity index (χ0) is 34.3. The molecule has 0 atom stereocenters. The van der Waals surface area contributed by atoms with Crippen molar-refractivity contribution in [2.45, 2.75) is 19.0 Å². The predicted molar refractivity (Wildman–Crippen MR) is 211 cm³/mol. The summed E-state index contributed by atoms with van der Waals surface area (Å²) in [6, 6.07) is 46.5. The molecule has 51 heavy (non-hydrogen) atoms. The van der Waals surface area contributed by atoms with Crippen LogP contribution in [0.4, 0.5) is 13.2 Å². The third-order valence-electron chi connectivity index (χ3n) is 10.5. The van der Waals surface area contributed by atoms with E-state index in [4.69, 9.17) is 0 Å². The van der Waals surface area contributed by atoms with Crippen molar-refractivity contribution in [3.8, 4) is 33.4 Å². The molecule has 9 aromatic rings. The highest BCUT2D eigenvalue weighted by atomic mass is 32.1. The maximum absolute atomic E-state index is 14.6. The van der Waals surface area contributed by atoms with Crippen LogP contribution < -0.4 is 0 Å². The highest BCUT2D eigenvalue weighted by Gasteiger charge is 2.36. The molecule has 10 rings (SSSR count). The Kier molecular flexibility index (Phi) is 6.74. The molecule has 0 fully saturated rings. The standard InChI is InChI=1S/C47H29F3S/c48-47(49,50)46-36-21-10-8-19-34(36)43(35-20-9-11-22-37(35)46)29-25-26-38-41(27-29)51-40-24-12-23-39(45(38)40)44-32-17-6-4-15-30(32)42(28-13-2-1-3-14-28)31-16-5-7-18-33(31)44/h1-6,8-17,19-27H,7,18H2. The first-order valence-electron chi connectivity index (χ1n) is 17.2. The third kappa shape index (κ3) is 4.60. The first kappa shape index (κ1) is 30.1. The number of rotatable bonds is 3. The third-order valence-corrected chi connectivity index (χ3v) is 11.7. The summed E-state index contributed by atoms with van der Waals surface area (Å²) in [6.07, 6.45) is 2.08. The van der Waals surface area contributed by atoms with E-state index in [1.165, 1.54) is 54.2 Å². The van der Waals surface area contributed by atoms with Crippen LogP contribution in [-0.2, 0) is 12.6 Å².